The molecule has 2 aromatic rings. The number of hydrogen-bond donors (Lipinski definition) is 3. The zero-order valence-corrected chi connectivity index (χ0v) is 20.6. The minimum absolute atomic E-state index is 0.0134. The fraction of sp³-hybridized carbons (Fsp3) is 0.464. The minimum atomic E-state index is -0.772. The van der Waals surface area contributed by atoms with Gasteiger partial charge in [0.15, 0.2) is 0 Å². The molecule has 2 aromatic carbocycles. The van der Waals surface area contributed by atoms with Gasteiger partial charge in [0.05, 0.1) is 0 Å². The Kier molecular flexibility index (Phi) is 9.29. The zero-order chi connectivity index (χ0) is 25.3. The minimum Gasteiger partial charge on any atom is -0.481 e. The molecule has 3 rings (SSSR count). The van der Waals surface area contributed by atoms with Crippen molar-refractivity contribution in [1.82, 2.24) is 10.6 Å². The second-order valence-corrected chi connectivity index (χ2v) is 9.70. The monoisotopic (exact) mass is 480 g/mol. The van der Waals surface area contributed by atoms with Crippen LogP contribution in [0.5, 0.6) is 0 Å². The van der Waals surface area contributed by atoms with Gasteiger partial charge in [-0.15, -0.1) is 0 Å². The number of hydrogen-bond acceptors (Lipinski definition) is 4. The predicted octanol–water partition coefficient (Wildman–Crippen LogP) is 5.09. The lowest BCUT2D eigenvalue weighted by Gasteiger charge is -2.23. The second-order valence-electron chi connectivity index (χ2n) is 9.70. The molecule has 3 N–H and O–H groups in total. The summed E-state index contributed by atoms with van der Waals surface area (Å²) in [5.41, 5.74) is 4.08. The number of carboxylic acids is 1. The van der Waals surface area contributed by atoms with E-state index in [1.54, 1.807) is 0 Å². The van der Waals surface area contributed by atoms with Crippen LogP contribution >= 0.6 is 0 Å². The van der Waals surface area contributed by atoms with Crippen LogP contribution < -0.4 is 10.6 Å². The third-order valence-corrected chi connectivity index (χ3v) is 6.58. The predicted molar refractivity (Wildman–Crippen MR) is 135 cm³/mol. The number of ether oxygens (including phenoxy) is 1. The van der Waals surface area contributed by atoms with Gasteiger partial charge in [-0.25, -0.2) is 4.79 Å². The molecule has 0 saturated carbocycles. The lowest BCUT2D eigenvalue weighted by molar-refractivity contribution is -0.137. The van der Waals surface area contributed by atoms with Crippen molar-refractivity contribution in [3.8, 4) is 11.1 Å². The Balaban J connectivity index is 1.36. The van der Waals surface area contributed by atoms with E-state index in [0.717, 1.165) is 19.3 Å². The Morgan fingerprint density at radius 2 is 1.46 bits per heavy atom. The molecule has 1 aliphatic carbocycles. The molecule has 0 saturated heterocycles. The molecule has 0 heterocycles. The van der Waals surface area contributed by atoms with Crippen LogP contribution in [0.2, 0.25) is 0 Å². The normalized spacial score (nSPS) is 12.5. The summed E-state index contributed by atoms with van der Waals surface area (Å²) in [6.07, 6.45) is 3.41. The molecule has 35 heavy (non-hydrogen) atoms. The number of alkyl carbamates (subject to hydrolysis) is 1. The van der Waals surface area contributed by atoms with Gasteiger partial charge in [-0.1, -0.05) is 75.2 Å². The lowest BCUT2D eigenvalue weighted by Crippen LogP contribution is -2.40. The molecule has 2 amide bonds. The average molecular weight is 481 g/mol. The Labute approximate surface area is 207 Å². The van der Waals surface area contributed by atoms with Crippen LogP contribution in [0.25, 0.3) is 11.1 Å². The lowest BCUT2D eigenvalue weighted by atomic mass is 9.88. The van der Waals surface area contributed by atoms with E-state index in [4.69, 9.17) is 9.84 Å². The third kappa shape index (κ3) is 7.31. The topological polar surface area (TPSA) is 105 Å². The SMILES string of the molecule is CC(C)(CCNC(=O)OCC1c2ccccc2-c2ccccc21)C(=O)NCCCCCCC(=O)O. The first-order valence-electron chi connectivity index (χ1n) is 12.4. The summed E-state index contributed by atoms with van der Waals surface area (Å²) < 4.78 is 5.55. The fourth-order valence-corrected chi connectivity index (χ4v) is 4.44. The molecule has 1 aliphatic rings. The van der Waals surface area contributed by atoms with Gasteiger partial charge < -0.3 is 20.5 Å². The summed E-state index contributed by atoms with van der Waals surface area (Å²) >= 11 is 0. The second kappa shape index (κ2) is 12.4. The van der Waals surface area contributed by atoms with E-state index in [9.17, 15) is 14.4 Å². The van der Waals surface area contributed by atoms with Gasteiger partial charge in [-0.3, -0.25) is 9.59 Å². The van der Waals surface area contributed by atoms with Crippen LogP contribution in [0.3, 0.4) is 0 Å². The number of aliphatic carboxylic acids is 1. The number of carboxylic acid groups (broad SMARTS) is 1. The molecule has 0 aliphatic heterocycles. The van der Waals surface area contributed by atoms with Crippen molar-refractivity contribution < 1.29 is 24.2 Å². The van der Waals surface area contributed by atoms with E-state index >= 15 is 0 Å². The summed E-state index contributed by atoms with van der Waals surface area (Å²) in [5, 5.41) is 14.4. The highest BCUT2D eigenvalue weighted by Gasteiger charge is 2.30. The van der Waals surface area contributed by atoms with Gasteiger partial charge in [0.2, 0.25) is 5.91 Å². The zero-order valence-electron chi connectivity index (χ0n) is 20.6. The quantitative estimate of drug-likeness (QED) is 0.346. The molecular formula is C28H36N2O5. The molecule has 0 radical (unpaired) electrons. The molecule has 0 atom stereocenters. The average Bonchev–Trinajstić information content (AvgIpc) is 3.15. The standard InChI is InChI=1S/C28H36N2O5/c1-28(2,26(33)29-17-10-4-3-5-15-25(31)32)16-18-30-27(34)35-19-24-22-13-8-6-11-20(22)21-12-7-9-14-23(21)24/h6-9,11-14,24H,3-5,10,15-19H2,1-2H3,(H,29,33)(H,30,34)(H,31,32). The number of unbranched alkanes of at least 4 members (excludes halogenated alkanes) is 3. The number of rotatable bonds is 13. The van der Waals surface area contributed by atoms with Gasteiger partial charge in [-0.05, 0) is 41.5 Å². The van der Waals surface area contributed by atoms with Crippen molar-refractivity contribution in [2.24, 2.45) is 5.41 Å². The van der Waals surface area contributed by atoms with Crippen LogP contribution in [0.15, 0.2) is 48.5 Å². The molecule has 0 unspecified atom stereocenters. The van der Waals surface area contributed by atoms with Gasteiger partial charge >= 0.3 is 12.1 Å². The van der Waals surface area contributed by atoms with E-state index in [1.165, 1.54) is 22.3 Å². The van der Waals surface area contributed by atoms with Crippen molar-refractivity contribution in [1.29, 1.82) is 0 Å². The van der Waals surface area contributed by atoms with Crippen molar-refractivity contribution >= 4 is 18.0 Å². The van der Waals surface area contributed by atoms with Crippen molar-refractivity contribution in [2.75, 3.05) is 19.7 Å². The van der Waals surface area contributed by atoms with Crippen LogP contribution in [0.1, 0.15) is 69.4 Å². The van der Waals surface area contributed by atoms with E-state index < -0.39 is 17.5 Å². The maximum absolute atomic E-state index is 12.5. The highest BCUT2D eigenvalue weighted by molar-refractivity contribution is 5.82. The van der Waals surface area contributed by atoms with Crippen LogP contribution in [-0.4, -0.2) is 42.8 Å². The van der Waals surface area contributed by atoms with Crippen LogP contribution in [-0.2, 0) is 14.3 Å². The van der Waals surface area contributed by atoms with Gasteiger partial charge in [-0.2, -0.15) is 0 Å². The van der Waals surface area contributed by atoms with Gasteiger partial charge in [0, 0.05) is 30.8 Å². The molecule has 7 heteroatoms. The highest BCUT2D eigenvalue weighted by Crippen LogP contribution is 2.44. The Morgan fingerprint density at radius 1 is 0.857 bits per heavy atom. The van der Waals surface area contributed by atoms with E-state index in [1.807, 2.05) is 38.1 Å². The van der Waals surface area contributed by atoms with E-state index in [2.05, 4.69) is 34.9 Å². The number of nitrogens with one attached hydrogen (secondary N) is 2. The number of fused-ring (bicyclic) bond motifs is 3. The summed E-state index contributed by atoms with van der Waals surface area (Å²) in [5.74, 6) is -0.816. The van der Waals surface area contributed by atoms with Crippen molar-refractivity contribution in [3.05, 3.63) is 59.7 Å². The van der Waals surface area contributed by atoms with Crippen LogP contribution in [0, 0.1) is 5.41 Å². The molecule has 188 valence electrons. The Hall–Kier alpha value is -3.35. The number of amides is 2. The molecule has 0 bridgehead atoms. The number of carbonyl (C=O) groups excluding carboxylic acids is 2. The summed E-state index contributed by atoms with van der Waals surface area (Å²) in [6, 6.07) is 16.4. The van der Waals surface area contributed by atoms with Crippen molar-refractivity contribution in [3.63, 3.8) is 0 Å². The molecular weight excluding hydrogens is 444 g/mol. The van der Waals surface area contributed by atoms with Gasteiger partial charge in [0.25, 0.3) is 0 Å². The molecule has 7 nitrogen and oxygen atoms in total. The summed E-state index contributed by atoms with van der Waals surface area (Å²) in [7, 11) is 0. The summed E-state index contributed by atoms with van der Waals surface area (Å²) in [6.45, 7) is 4.88. The van der Waals surface area contributed by atoms with E-state index in [0.29, 0.717) is 25.9 Å². The molecule has 0 fully saturated rings. The van der Waals surface area contributed by atoms with Crippen molar-refractivity contribution in [2.45, 2.75) is 58.3 Å². The molecule has 0 spiro atoms. The first-order valence-corrected chi connectivity index (χ1v) is 12.4. The first kappa shape index (κ1) is 26.3. The highest BCUT2D eigenvalue weighted by atomic mass is 16.5. The Bertz CT molecular complexity index is 988. The maximum Gasteiger partial charge on any atom is 0.407 e. The summed E-state index contributed by atoms with van der Waals surface area (Å²) in [4.78, 5) is 35.4. The maximum atomic E-state index is 12.5. The smallest absolute Gasteiger partial charge is 0.407 e. The fourth-order valence-electron chi connectivity index (χ4n) is 4.44. The van der Waals surface area contributed by atoms with E-state index in [-0.39, 0.29) is 24.9 Å². The van der Waals surface area contributed by atoms with Gasteiger partial charge in [0.1, 0.15) is 6.61 Å². The number of carbonyl (C=O) groups is 3. The largest absolute Gasteiger partial charge is 0.481 e. The third-order valence-electron chi connectivity index (χ3n) is 6.58. The van der Waals surface area contributed by atoms with Crippen LogP contribution in [0.4, 0.5) is 4.79 Å². The molecule has 0 aromatic heterocycles. The first-order chi connectivity index (χ1) is 16.8. The number of benzene rings is 2. The Morgan fingerprint density at radius 3 is 2.09 bits per heavy atom.